The van der Waals surface area contributed by atoms with E-state index < -0.39 is 0 Å². The molecule has 1 aromatic heterocycles. The number of anilines is 1. The Morgan fingerprint density at radius 2 is 2.05 bits per heavy atom. The first kappa shape index (κ1) is 13.9. The lowest BCUT2D eigenvalue weighted by atomic mass is 9.82. The van der Waals surface area contributed by atoms with Gasteiger partial charge in [-0.1, -0.05) is 19.3 Å². The maximum Gasteiger partial charge on any atom is 0.0605 e. The average Bonchev–Trinajstić information content (AvgIpc) is 2.49. The van der Waals surface area contributed by atoms with Gasteiger partial charge in [-0.3, -0.25) is 4.98 Å². The monoisotopic (exact) mass is 273 g/mol. The summed E-state index contributed by atoms with van der Waals surface area (Å²) in [4.78, 5) is 7.03. The van der Waals surface area contributed by atoms with Crippen molar-refractivity contribution in [2.75, 3.05) is 18.0 Å². The van der Waals surface area contributed by atoms with Gasteiger partial charge in [0.25, 0.3) is 0 Å². The average molecular weight is 273 g/mol. The molecule has 0 spiro atoms. The van der Waals surface area contributed by atoms with Gasteiger partial charge in [-0.15, -0.1) is 0 Å². The van der Waals surface area contributed by atoms with Gasteiger partial charge < -0.3 is 10.2 Å². The van der Waals surface area contributed by atoms with E-state index in [0.717, 1.165) is 24.7 Å². The smallest absolute Gasteiger partial charge is 0.0605 e. The van der Waals surface area contributed by atoms with Crippen molar-refractivity contribution >= 4 is 5.69 Å². The van der Waals surface area contributed by atoms with E-state index in [1.807, 2.05) is 6.20 Å². The minimum Gasteiger partial charge on any atom is -0.365 e. The highest BCUT2D eigenvalue weighted by Crippen LogP contribution is 2.30. The topological polar surface area (TPSA) is 28.2 Å². The molecule has 2 atom stereocenters. The van der Waals surface area contributed by atoms with E-state index in [1.54, 1.807) is 0 Å². The van der Waals surface area contributed by atoms with E-state index in [1.165, 1.54) is 37.8 Å². The second-order valence-electron chi connectivity index (χ2n) is 6.52. The molecule has 2 aliphatic rings. The van der Waals surface area contributed by atoms with Gasteiger partial charge >= 0.3 is 0 Å². The van der Waals surface area contributed by atoms with Gasteiger partial charge in [0.15, 0.2) is 0 Å². The number of aromatic nitrogens is 1. The Morgan fingerprint density at radius 1 is 1.25 bits per heavy atom. The van der Waals surface area contributed by atoms with Gasteiger partial charge in [0, 0.05) is 31.4 Å². The highest BCUT2D eigenvalue weighted by atomic mass is 15.2. The Hall–Kier alpha value is -1.09. The maximum absolute atomic E-state index is 4.46. The summed E-state index contributed by atoms with van der Waals surface area (Å²) in [6.07, 6.45) is 8.99. The third-order valence-corrected chi connectivity index (χ3v) is 5.11. The van der Waals surface area contributed by atoms with Gasteiger partial charge in [0.05, 0.1) is 11.4 Å². The number of pyridine rings is 1. The second-order valence-corrected chi connectivity index (χ2v) is 6.52. The first-order valence-electron chi connectivity index (χ1n) is 8.17. The van der Waals surface area contributed by atoms with E-state index in [2.05, 4.69) is 41.2 Å². The molecule has 1 aliphatic carbocycles. The molecule has 3 heteroatoms. The molecule has 1 aromatic rings. The molecule has 0 amide bonds. The van der Waals surface area contributed by atoms with Crippen molar-refractivity contribution in [3.8, 4) is 0 Å². The van der Waals surface area contributed by atoms with Crippen LogP contribution in [0.25, 0.3) is 0 Å². The third kappa shape index (κ3) is 2.83. The first-order valence-corrected chi connectivity index (χ1v) is 8.17. The molecule has 1 N–H and O–H groups in total. The van der Waals surface area contributed by atoms with E-state index in [9.17, 15) is 0 Å². The molecule has 1 aliphatic heterocycles. The number of hydrogen-bond donors (Lipinski definition) is 1. The van der Waals surface area contributed by atoms with Crippen molar-refractivity contribution in [3.63, 3.8) is 0 Å². The minimum absolute atomic E-state index is 0.553. The van der Waals surface area contributed by atoms with E-state index in [0.29, 0.717) is 12.1 Å². The van der Waals surface area contributed by atoms with Crippen molar-refractivity contribution in [3.05, 3.63) is 24.0 Å². The fourth-order valence-corrected chi connectivity index (χ4v) is 3.86. The maximum atomic E-state index is 4.46. The largest absolute Gasteiger partial charge is 0.365 e. The van der Waals surface area contributed by atoms with Crippen molar-refractivity contribution in [1.82, 2.24) is 10.3 Å². The molecule has 0 aromatic carbocycles. The summed E-state index contributed by atoms with van der Waals surface area (Å²) in [5, 5.41) is 3.80. The fourth-order valence-electron chi connectivity index (χ4n) is 3.86. The van der Waals surface area contributed by atoms with Crippen LogP contribution >= 0.6 is 0 Å². The van der Waals surface area contributed by atoms with Gasteiger partial charge in [-0.05, 0) is 44.7 Å². The van der Waals surface area contributed by atoms with E-state index >= 15 is 0 Å². The van der Waals surface area contributed by atoms with E-state index in [-0.39, 0.29) is 0 Å². The van der Waals surface area contributed by atoms with Crippen LogP contribution in [0.3, 0.4) is 0 Å². The van der Waals surface area contributed by atoms with Crippen LogP contribution in [0.4, 0.5) is 5.69 Å². The standard InChI is InChI=1S/C17H27N3/c1-13-11-19-16(15-7-4-3-5-8-15)12-20(13)17-9-6-10-18-14(17)2/h6,9-10,13,15-16,19H,3-5,7-8,11-12H2,1-2H3. The summed E-state index contributed by atoms with van der Waals surface area (Å²) < 4.78 is 0. The molecule has 3 rings (SSSR count). The number of nitrogens with zero attached hydrogens (tertiary/aromatic N) is 2. The molecule has 2 heterocycles. The summed E-state index contributed by atoms with van der Waals surface area (Å²) in [6, 6.07) is 5.50. The Kier molecular flexibility index (Phi) is 4.25. The van der Waals surface area contributed by atoms with Crippen molar-refractivity contribution in [1.29, 1.82) is 0 Å². The van der Waals surface area contributed by atoms with Crippen LogP contribution < -0.4 is 10.2 Å². The lowest BCUT2D eigenvalue weighted by Gasteiger charge is -2.44. The normalized spacial score (nSPS) is 28.6. The molecular formula is C17H27N3. The number of aryl methyl sites for hydroxylation is 1. The number of nitrogens with one attached hydrogen (secondary N) is 1. The summed E-state index contributed by atoms with van der Waals surface area (Å²) in [6.45, 7) is 6.67. The summed E-state index contributed by atoms with van der Waals surface area (Å²) >= 11 is 0. The van der Waals surface area contributed by atoms with Crippen LogP contribution in [-0.2, 0) is 0 Å². The molecule has 0 radical (unpaired) electrons. The van der Waals surface area contributed by atoms with Crippen molar-refractivity contribution < 1.29 is 0 Å². The molecule has 0 bridgehead atoms. The third-order valence-electron chi connectivity index (χ3n) is 5.11. The predicted molar refractivity (Wildman–Crippen MR) is 84.1 cm³/mol. The number of piperazine rings is 1. The zero-order valence-corrected chi connectivity index (χ0v) is 12.8. The van der Waals surface area contributed by atoms with Crippen LogP contribution in [0.1, 0.15) is 44.7 Å². The van der Waals surface area contributed by atoms with Gasteiger partial charge in [-0.25, -0.2) is 0 Å². The quantitative estimate of drug-likeness (QED) is 0.897. The lowest BCUT2D eigenvalue weighted by Crippen LogP contribution is -2.58. The molecule has 20 heavy (non-hydrogen) atoms. The second kappa shape index (κ2) is 6.13. The van der Waals surface area contributed by atoms with Gasteiger partial charge in [0.2, 0.25) is 0 Å². The van der Waals surface area contributed by atoms with Gasteiger partial charge in [0.1, 0.15) is 0 Å². The highest BCUT2D eigenvalue weighted by molar-refractivity contribution is 5.51. The van der Waals surface area contributed by atoms with Crippen LogP contribution in [-0.4, -0.2) is 30.2 Å². The Labute approximate surface area is 122 Å². The molecule has 2 fully saturated rings. The van der Waals surface area contributed by atoms with Gasteiger partial charge in [-0.2, -0.15) is 0 Å². The fraction of sp³-hybridized carbons (Fsp3) is 0.706. The Morgan fingerprint density at radius 3 is 2.80 bits per heavy atom. The van der Waals surface area contributed by atoms with Crippen molar-refractivity contribution in [2.45, 2.75) is 58.0 Å². The molecule has 3 nitrogen and oxygen atoms in total. The Balaban J connectivity index is 1.74. The lowest BCUT2D eigenvalue weighted by molar-refractivity contribution is 0.245. The molecule has 1 saturated carbocycles. The SMILES string of the molecule is Cc1ncccc1N1CC(C2CCCCC2)NCC1C. The van der Waals surface area contributed by atoms with E-state index in [4.69, 9.17) is 0 Å². The predicted octanol–water partition coefficient (Wildman–Crippen LogP) is 3.14. The zero-order chi connectivity index (χ0) is 13.9. The van der Waals surface area contributed by atoms with Crippen LogP contribution in [0, 0.1) is 12.8 Å². The molecule has 1 saturated heterocycles. The first-order chi connectivity index (χ1) is 9.75. The van der Waals surface area contributed by atoms with Crippen LogP contribution in [0.15, 0.2) is 18.3 Å². The van der Waals surface area contributed by atoms with Crippen LogP contribution in [0.5, 0.6) is 0 Å². The molecule has 110 valence electrons. The number of rotatable bonds is 2. The highest BCUT2D eigenvalue weighted by Gasteiger charge is 2.31. The molecule has 2 unspecified atom stereocenters. The van der Waals surface area contributed by atoms with Crippen LogP contribution in [0.2, 0.25) is 0 Å². The number of hydrogen-bond acceptors (Lipinski definition) is 3. The minimum atomic E-state index is 0.553. The summed E-state index contributed by atoms with van der Waals surface area (Å²) in [5.74, 6) is 0.871. The summed E-state index contributed by atoms with van der Waals surface area (Å²) in [7, 11) is 0. The summed E-state index contributed by atoms with van der Waals surface area (Å²) in [5.41, 5.74) is 2.48. The zero-order valence-electron chi connectivity index (χ0n) is 12.8. The molecular weight excluding hydrogens is 246 g/mol. The van der Waals surface area contributed by atoms with Crippen molar-refractivity contribution in [2.24, 2.45) is 5.92 Å². The Bertz CT molecular complexity index is 440.